The fourth-order valence-electron chi connectivity index (χ4n) is 9.05. The Morgan fingerprint density at radius 2 is 0.742 bits per heavy atom. The van der Waals surface area contributed by atoms with Crippen molar-refractivity contribution in [2.75, 3.05) is 4.90 Å². The van der Waals surface area contributed by atoms with Crippen LogP contribution < -0.4 is 4.90 Å². The minimum absolute atomic E-state index is 0.849. The summed E-state index contributed by atoms with van der Waals surface area (Å²) >= 11 is 0. The number of furan rings is 1. The summed E-state index contributed by atoms with van der Waals surface area (Å²) in [7, 11) is 0. The van der Waals surface area contributed by atoms with Gasteiger partial charge in [0, 0.05) is 16.6 Å². The van der Waals surface area contributed by atoms with Crippen molar-refractivity contribution in [3.05, 3.63) is 249 Å². The Morgan fingerprint density at radius 1 is 0.274 bits per heavy atom. The highest BCUT2D eigenvalue weighted by Crippen LogP contribution is 2.50. The Balaban J connectivity index is 1.16. The highest BCUT2D eigenvalue weighted by Gasteiger charge is 2.25. The van der Waals surface area contributed by atoms with Gasteiger partial charge in [0.25, 0.3) is 0 Å². The van der Waals surface area contributed by atoms with Gasteiger partial charge < -0.3 is 9.32 Å². The molecule has 2 heteroatoms. The molecule has 11 aromatic rings. The van der Waals surface area contributed by atoms with Crippen LogP contribution >= 0.6 is 0 Å². The molecule has 11 rings (SSSR count). The summed E-state index contributed by atoms with van der Waals surface area (Å²) in [5.74, 6) is 0. The van der Waals surface area contributed by atoms with Crippen molar-refractivity contribution in [1.29, 1.82) is 0 Å². The first-order chi connectivity index (χ1) is 30.8. The van der Waals surface area contributed by atoms with Crippen molar-refractivity contribution in [2.45, 2.75) is 0 Å². The van der Waals surface area contributed by atoms with Gasteiger partial charge in [0.2, 0.25) is 0 Å². The summed E-state index contributed by atoms with van der Waals surface area (Å²) in [5.41, 5.74) is 18.9. The second kappa shape index (κ2) is 16.1. The molecule has 0 aliphatic heterocycles. The zero-order chi connectivity index (χ0) is 41.2. The molecule has 292 valence electrons. The van der Waals surface area contributed by atoms with E-state index >= 15 is 0 Å². The molecule has 0 aliphatic carbocycles. The van der Waals surface area contributed by atoms with E-state index in [1.54, 1.807) is 0 Å². The van der Waals surface area contributed by atoms with E-state index in [4.69, 9.17) is 4.42 Å². The maximum atomic E-state index is 6.54. The smallest absolute Gasteiger partial charge is 0.137 e. The molecular formula is C60H41NO. The zero-order valence-corrected chi connectivity index (χ0v) is 34.0. The molecule has 0 bridgehead atoms. The molecule has 10 aromatic carbocycles. The molecule has 62 heavy (non-hydrogen) atoms. The largest absolute Gasteiger partial charge is 0.456 e. The molecule has 1 heterocycles. The third kappa shape index (κ3) is 6.74. The van der Waals surface area contributed by atoms with E-state index in [2.05, 4.69) is 248 Å². The molecule has 0 spiro atoms. The summed E-state index contributed by atoms with van der Waals surface area (Å²) in [4.78, 5) is 2.43. The molecular weight excluding hydrogens is 751 g/mol. The molecule has 1 aromatic heterocycles. The number of hydrogen-bond acceptors (Lipinski definition) is 2. The molecule has 0 saturated carbocycles. The highest BCUT2D eigenvalue weighted by molar-refractivity contribution is 6.14. The maximum Gasteiger partial charge on any atom is 0.137 e. The van der Waals surface area contributed by atoms with Crippen molar-refractivity contribution >= 4 is 39.0 Å². The fraction of sp³-hybridized carbons (Fsp3) is 0. The number of fused-ring (bicyclic) bond motifs is 3. The molecule has 0 fully saturated rings. The van der Waals surface area contributed by atoms with Crippen molar-refractivity contribution in [2.24, 2.45) is 0 Å². The van der Waals surface area contributed by atoms with Gasteiger partial charge in [-0.15, -0.1) is 0 Å². The van der Waals surface area contributed by atoms with Gasteiger partial charge in [-0.1, -0.05) is 212 Å². The van der Waals surface area contributed by atoms with Crippen molar-refractivity contribution in [3.8, 4) is 66.8 Å². The Kier molecular flexibility index (Phi) is 9.57. The topological polar surface area (TPSA) is 16.4 Å². The van der Waals surface area contributed by atoms with Crippen LogP contribution in [0.15, 0.2) is 253 Å². The van der Waals surface area contributed by atoms with Gasteiger partial charge in [0.15, 0.2) is 0 Å². The average Bonchev–Trinajstić information content (AvgIpc) is 3.75. The van der Waals surface area contributed by atoms with Crippen LogP contribution in [0.1, 0.15) is 0 Å². The molecule has 0 radical (unpaired) electrons. The molecule has 0 atom stereocenters. The Labute approximate surface area is 362 Å². The lowest BCUT2D eigenvalue weighted by Crippen LogP contribution is -2.12. The average molecular weight is 792 g/mol. The molecule has 0 amide bonds. The monoisotopic (exact) mass is 791 g/mol. The number of hydrogen-bond donors (Lipinski definition) is 0. The first-order valence-electron chi connectivity index (χ1n) is 21.2. The van der Waals surface area contributed by atoms with E-state index in [0.29, 0.717) is 0 Å². The van der Waals surface area contributed by atoms with Crippen molar-refractivity contribution in [1.82, 2.24) is 0 Å². The van der Waals surface area contributed by atoms with Crippen LogP contribution in [0, 0.1) is 0 Å². The minimum Gasteiger partial charge on any atom is -0.456 e. The van der Waals surface area contributed by atoms with Crippen LogP contribution in [0.2, 0.25) is 0 Å². The minimum atomic E-state index is 0.849. The van der Waals surface area contributed by atoms with Gasteiger partial charge in [-0.3, -0.25) is 0 Å². The van der Waals surface area contributed by atoms with Crippen LogP contribution in [-0.4, -0.2) is 0 Å². The van der Waals surface area contributed by atoms with Gasteiger partial charge in [-0.25, -0.2) is 0 Å². The number of benzene rings is 10. The van der Waals surface area contributed by atoms with Crippen LogP contribution in [0.5, 0.6) is 0 Å². The number of nitrogens with zero attached hydrogens (tertiary/aromatic N) is 1. The molecule has 0 unspecified atom stereocenters. The lowest BCUT2D eigenvalue weighted by atomic mass is 9.84. The van der Waals surface area contributed by atoms with Gasteiger partial charge in [-0.2, -0.15) is 0 Å². The number of anilines is 3. The molecule has 2 nitrogen and oxygen atoms in total. The summed E-state index contributed by atoms with van der Waals surface area (Å²) < 4.78 is 6.54. The van der Waals surface area contributed by atoms with Crippen molar-refractivity contribution < 1.29 is 4.42 Å². The fourth-order valence-corrected chi connectivity index (χ4v) is 9.05. The standard InChI is InChI=1S/C60H41NO/c1-4-19-42(20-5-1)43-37-39-44(40-38-43)47-25-16-26-48(41-47)61(56-34-18-36-58-60(56)54-30-13-15-35-57(54)62-58)55-33-14-12-28-51(55)53-32-17-31-50(46-23-8-3-9-24-46)59(53)52-29-11-10-27-49(52)45-21-6-2-7-22-45/h1-41H. The van der Waals surface area contributed by atoms with Crippen LogP contribution in [0.25, 0.3) is 88.7 Å². The summed E-state index contributed by atoms with van der Waals surface area (Å²) in [6, 6.07) is 89.1. The quantitative estimate of drug-likeness (QED) is 0.145. The normalized spacial score (nSPS) is 11.2. The molecule has 0 N–H and O–H groups in total. The van der Waals surface area contributed by atoms with Gasteiger partial charge in [0.05, 0.1) is 16.8 Å². The zero-order valence-electron chi connectivity index (χ0n) is 34.0. The molecule has 0 aliphatic rings. The maximum absolute atomic E-state index is 6.54. The van der Waals surface area contributed by atoms with Gasteiger partial charge in [0.1, 0.15) is 11.2 Å². The second-order valence-corrected chi connectivity index (χ2v) is 15.6. The van der Waals surface area contributed by atoms with Crippen LogP contribution in [0.4, 0.5) is 17.1 Å². The van der Waals surface area contributed by atoms with Gasteiger partial charge >= 0.3 is 0 Å². The Bertz CT molecular complexity index is 3330. The summed E-state index contributed by atoms with van der Waals surface area (Å²) in [5, 5.41) is 2.15. The van der Waals surface area contributed by atoms with Crippen LogP contribution in [-0.2, 0) is 0 Å². The highest BCUT2D eigenvalue weighted by atomic mass is 16.3. The summed E-state index contributed by atoms with van der Waals surface area (Å²) in [6.07, 6.45) is 0. The Morgan fingerprint density at radius 3 is 1.48 bits per heavy atom. The molecule has 0 saturated heterocycles. The predicted octanol–water partition coefficient (Wildman–Crippen LogP) is 17.1. The van der Waals surface area contributed by atoms with E-state index in [0.717, 1.165) is 61.3 Å². The third-order valence-corrected chi connectivity index (χ3v) is 11.9. The number of para-hydroxylation sites is 2. The Hall–Kier alpha value is -8.20. The predicted molar refractivity (Wildman–Crippen MR) is 261 cm³/mol. The SMILES string of the molecule is c1ccc(-c2ccc(-c3cccc(N(c4ccccc4-c4cccc(-c5ccccc5)c4-c4ccccc4-c4ccccc4)c4cccc5oc6ccccc6c45)c3)cc2)cc1. The second-order valence-electron chi connectivity index (χ2n) is 15.6. The van der Waals surface area contributed by atoms with Gasteiger partial charge in [-0.05, 0) is 97.6 Å². The van der Waals surface area contributed by atoms with Crippen molar-refractivity contribution in [3.63, 3.8) is 0 Å². The van der Waals surface area contributed by atoms with E-state index in [-0.39, 0.29) is 0 Å². The third-order valence-electron chi connectivity index (χ3n) is 11.9. The summed E-state index contributed by atoms with van der Waals surface area (Å²) in [6.45, 7) is 0. The van der Waals surface area contributed by atoms with E-state index < -0.39 is 0 Å². The van der Waals surface area contributed by atoms with Crippen LogP contribution in [0.3, 0.4) is 0 Å². The van der Waals surface area contributed by atoms with E-state index in [1.165, 1.54) is 44.5 Å². The van der Waals surface area contributed by atoms with E-state index in [9.17, 15) is 0 Å². The lowest BCUT2D eigenvalue weighted by molar-refractivity contribution is 0.669. The number of rotatable bonds is 9. The first kappa shape index (κ1) is 36.8. The lowest BCUT2D eigenvalue weighted by Gasteiger charge is -2.30. The van der Waals surface area contributed by atoms with E-state index in [1.807, 2.05) is 6.07 Å². The first-order valence-corrected chi connectivity index (χ1v) is 21.2.